The first-order valence-electron chi connectivity index (χ1n) is 7.30. The highest BCUT2D eigenvalue weighted by atomic mass is 16.1. The maximum Gasteiger partial charge on any atom is 0.241 e. The first-order valence-corrected chi connectivity index (χ1v) is 7.30. The van der Waals surface area contributed by atoms with Crippen LogP contribution in [0, 0.1) is 17.2 Å². The lowest BCUT2D eigenvalue weighted by Gasteiger charge is -2.28. The molecule has 1 heterocycles. The van der Waals surface area contributed by atoms with E-state index >= 15 is 0 Å². The Labute approximate surface area is 120 Å². The summed E-state index contributed by atoms with van der Waals surface area (Å²) in [5.41, 5.74) is 1.96. The summed E-state index contributed by atoms with van der Waals surface area (Å²) in [4.78, 5) is 14.2. The molecule has 1 saturated heterocycles. The number of hydrogen-bond acceptors (Lipinski definition) is 3. The summed E-state index contributed by atoms with van der Waals surface area (Å²) in [6, 6.07) is 9.90. The van der Waals surface area contributed by atoms with Crippen molar-refractivity contribution in [1.82, 2.24) is 0 Å². The SMILES string of the molecule is CCC(C#N)C(=O)Nc1ccc(N2CCCCC2)cc1. The van der Waals surface area contributed by atoms with E-state index in [1.165, 1.54) is 24.9 Å². The van der Waals surface area contributed by atoms with E-state index in [1.807, 2.05) is 37.3 Å². The summed E-state index contributed by atoms with van der Waals surface area (Å²) in [5, 5.41) is 11.7. The minimum atomic E-state index is -0.572. The quantitative estimate of drug-likeness (QED) is 0.915. The summed E-state index contributed by atoms with van der Waals surface area (Å²) in [6.07, 6.45) is 4.35. The van der Waals surface area contributed by atoms with Crippen LogP contribution >= 0.6 is 0 Å². The largest absolute Gasteiger partial charge is 0.372 e. The number of benzene rings is 1. The van der Waals surface area contributed by atoms with Crippen molar-refractivity contribution in [2.24, 2.45) is 5.92 Å². The number of piperidine rings is 1. The molecule has 0 aliphatic carbocycles. The molecule has 106 valence electrons. The molecule has 1 fully saturated rings. The Morgan fingerprint density at radius 2 is 1.95 bits per heavy atom. The van der Waals surface area contributed by atoms with Gasteiger partial charge in [0, 0.05) is 24.5 Å². The van der Waals surface area contributed by atoms with Crippen LogP contribution in [0.2, 0.25) is 0 Å². The highest BCUT2D eigenvalue weighted by molar-refractivity contribution is 5.94. The number of hydrogen-bond donors (Lipinski definition) is 1. The summed E-state index contributed by atoms with van der Waals surface area (Å²) < 4.78 is 0. The lowest BCUT2D eigenvalue weighted by atomic mass is 10.1. The molecule has 0 bridgehead atoms. The average Bonchev–Trinajstić information content (AvgIpc) is 2.50. The molecule has 0 radical (unpaired) electrons. The highest BCUT2D eigenvalue weighted by Gasteiger charge is 2.15. The Hall–Kier alpha value is -2.02. The number of rotatable bonds is 4. The summed E-state index contributed by atoms with van der Waals surface area (Å²) in [5.74, 6) is -0.794. The van der Waals surface area contributed by atoms with Gasteiger partial charge in [-0.25, -0.2) is 0 Å². The van der Waals surface area contributed by atoms with Gasteiger partial charge in [0.05, 0.1) is 6.07 Å². The molecule has 1 amide bonds. The molecule has 1 unspecified atom stereocenters. The fraction of sp³-hybridized carbons (Fsp3) is 0.500. The number of nitrogens with zero attached hydrogens (tertiary/aromatic N) is 2. The van der Waals surface area contributed by atoms with Gasteiger partial charge in [0.1, 0.15) is 5.92 Å². The molecule has 0 saturated carbocycles. The van der Waals surface area contributed by atoms with Crippen LogP contribution in [0.4, 0.5) is 11.4 Å². The molecule has 1 aromatic rings. The van der Waals surface area contributed by atoms with Gasteiger partial charge in [-0.15, -0.1) is 0 Å². The summed E-state index contributed by atoms with van der Waals surface area (Å²) in [6.45, 7) is 4.06. The van der Waals surface area contributed by atoms with Crippen molar-refractivity contribution < 1.29 is 4.79 Å². The Morgan fingerprint density at radius 3 is 2.50 bits per heavy atom. The van der Waals surface area contributed by atoms with Crippen LogP contribution in [-0.2, 0) is 4.79 Å². The summed E-state index contributed by atoms with van der Waals surface area (Å²) in [7, 11) is 0. The minimum absolute atomic E-state index is 0.222. The molecular formula is C16H21N3O. The number of nitriles is 1. The lowest BCUT2D eigenvalue weighted by Crippen LogP contribution is -2.29. The topological polar surface area (TPSA) is 56.1 Å². The van der Waals surface area contributed by atoms with Gasteiger partial charge in [-0.05, 0) is 49.9 Å². The second-order valence-electron chi connectivity index (χ2n) is 5.17. The third-order valence-corrected chi connectivity index (χ3v) is 3.74. The second kappa shape index (κ2) is 6.95. The molecule has 1 aliphatic rings. The number of amides is 1. The Kier molecular flexibility index (Phi) is 5.00. The van der Waals surface area contributed by atoms with Crippen molar-refractivity contribution in [3.8, 4) is 6.07 Å². The molecule has 1 aromatic carbocycles. The first kappa shape index (κ1) is 14.4. The van der Waals surface area contributed by atoms with Crippen LogP contribution in [0.3, 0.4) is 0 Å². The van der Waals surface area contributed by atoms with Gasteiger partial charge in [0.2, 0.25) is 5.91 Å². The molecule has 1 N–H and O–H groups in total. The molecule has 2 rings (SSSR count). The van der Waals surface area contributed by atoms with Crippen LogP contribution in [0.5, 0.6) is 0 Å². The number of nitrogens with one attached hydrogen (secondary N) is 1. The molecule has 20 heavy (non-hydrogen) atoms. The van der Waals surface area contributed by atoms with E-state index in [-0.39, 0.29) is 5.91 Å². The normalized spacial score (nSPS) is 16.3. The standard InChI is InChI=1S/C16H21N3O/c1-2-13(12-17)16(20)18-14-6-8-15(9-7-14)19-10-4-3-5-11-19/h6-9,13H,2-5,10-11H2,1H3,(H,18,20). The van der Waals surface area contributed by atoms with E-state index in [0.717, 1.165) is 18.8 Å². The smallest absolute Gasteiger partial charge is 0.241 e. The van der Waals surface area contributed by atoms with E-state index in [4.69, 9.17) is 5.26 Å². The fourth-order valence-corrected chi connectivity index (χ4v) is 2.47. The zero-order valence-corrected chi connectivity index (χ0v) is 11.9. The molecule has 0 aromatic heterocycles. The van der Waals surface area contributed by atoms with E-state index in [1.54, 1.807) is 0 Å². The van der Waals surface area contributed by atoms with Gasteiger partial charge in [0.15, 0.2) is 0 Å². The minimum Gasteiger partial charge on any atom is -0.372 e. The first-order chi connectivity index (χ1) is 9.74. The molecule has 1 atom stereocenters. The predicted molar refractivity (Wildman–Crippen MR) is 80.5 cm³/mol. The number of carbonyl (C=O) groups is 1. The van der Waals surface area contributed by atoms with Gasteiger partial charge in [0.25, 0.3) is 0 Å². The molecule has 0 spiro atoms. The zero-order valence-electron chi connectivity index (χ0n) is 11.9. The summed E-state index contributed by atoms with van der Waals surface area (Å²) >= 11 is 0. The van der Waals surface area contributed by atoms with Gasteiger partial charge in [-0.2, -0.15) is 5.26 Å². The number of carbonyl (C=O) groups excluding carboxylic acids is 1. The number of anilines is 2. The van der Waals surface area contributed by atoms with Gasteiger partial charge >= 0.3 is 0 Å². The lowest BCUT2D eigenvalue weighted by molar-refractivity contribution is -0.118. The third kappa shape index (κ3) is 3.51. The maximum absolute atomic E-state index is 11.8. The van der Waals surface area contributed by atoms with Crippen molar-refractivity contribution in [2.45, 2.75) is 32.6 Å². The molecule has 4 nitrogen and oxygen atoms in total. The third-order valence-electron chi connectivity index (χ3n) is 3.74. The zero-order chi connectivity index (χ0) is 14.4. The maximum atomic E-state index is 11.8. The van der Waals surface area contributed by atoms with E-state index < -0.39 is 5.92 Å². The van der Waals surface area contributed by atoms with Crippen LogP contribution in [0.15, 0.2) is 24.3 Å². The van der Waals surface area contributed by atoms with Gasteiger partial charge < -0.3 is 10.2 Å². The fourth-order valence-electron chi connectivity index (χ4n) is 2.47. The van der Waals surface area contributed by atoms with E-state index in [0.29, 0.717) is 6.42 Å². The highest BCUT2D eigenvalue weighted by Crippen LogP contribution is 2.22. The van der Waals surface area contributed by atoms with Gasteiger partial charge in [-0.3, -0.25) is 4.79 Å². The molecule has 4 heteroatoms. The van der Waals surface area contributed by atoms with E-state index in [9.17, 15) is 4.79 Å². The van der Waals surface area contributed by atoms with Crippen molar-refractivity contribution in [2.75, 3.05) is 23.3 Å². The average molecular weight is 271 g/mol. The van der Waals surface area contributed by atoms with Crippen molar-refractivity contribution in [1.29, 1.82) is 5.26 Å². The Balaban J connectivity index is 1.98. The van der Waals surface area contributed by atoms with Crippen molar-refractivity contribution in [3.05, 3.63) is 24.3 Å². The Morgan fingerprint density at radius 1 is 1.30 bits per heavy atom. The van der Waals surface area contributed by atoms with Crippen LogP contribution in [0.25, 0.3) is 0 Å². The predicted octanol–water partition coefficient (Wildman–Crippen LogP) is 3.17. The molecular weight excluding hydrogens is 250 g/mol. The monoisotopic (exact) mass is 271 g/mol. The Bertz CT molecular complexity index is 483. The van der Waals surface area contributed by atoms with Crippen LogP contribution in [0.1, 0.15) is 32.6 Å². The molecule has 1 aliphatic heterocycles. The second-order valence-corrected chi connectivity index (χ2v) is 5.17. The van der Waals surface area contributed by atoms with Crippen molar-refractivity contribution >= 4 is 17.3 Å². The van der Waals surface area contributed by atoms with Crippen molar-refractivity contribution in [3.63, 3.8) is 0 Å². The van der Waals surface area contributed by atoms with Crippen LogP contribution < -0.4 is 10.2 Å². The van der Waals surface area contributed by atoms with Gasteiger partial charge in [-0.1, -0.05) is 6.92 Å². The van der Waals surface area contributed by atoms with E-state index in [2.05, 4.69) is 10.2 Å². The van der Waals surface area contributed by atoms with Crippen LogP contribution in [-0.4, -0.2) is 19.0 Å².